The standard InChI is InChI=1S/C21H30N2O5/c1-21(15-9-5-4-6-10-15)18(25)22(2)20(27)23(19(21)26)13-17(24)14-8-7-11-16(12-14)28-3/h5,9,14-16H,4,6-8,10-13H2,1-3H3. The Kier molecular flexibility index (Phi) is 6.03. The molecule has 1 saturated carbocycles. The number of ketones is 1. The van der Waals surface area contributed by atoms with E-state index in [9.17, 15) is 19.2 Å². The number of allylic oxidation sites excluding steroid dienone is 2. The van der Waals surface area contributed by atoms with Crippen molar-refractivity contribution in [2.45, 2.75) is 58.0 Å². The lowest BCUT2D eigenvalue weighted by Crippen LogP contribution is -2.66. The predicted octanol–water partition coefficient (Wildman–Crippen LogP) is 2.54. The van der Waals surface area contributed by atoms with Crippen LogP contribution in [0.1, 0.15) is 51.9 Å². The van der Waals surface area contributed by atoms with Crippen molar-refractivity contribution in [2.24, 2.45) is 17.3 Å². The van der Waals surface area contributed by atoms with Gasteiger partial charge in [0.2, 0.25) is 11.8 Å². The number of hydrogen-bond acceptors (Lipinski definition) is 5. The topological polar surface area (TPSA) is 84.0 Å². The van der Waals surface area contributed by atoms with E-state index in [1.165, 1.54) is 7.05 Å². The van der Waals surface area contributed by atoms with E-state index in [1.54, 1.807) is 14.0 Å². The van der Waals surface area contributed by atoms with Crippen molar-refractivity contribution in [3.63, 3.8) is 0 Å². The van der Waals surface area contributed by atoms with Crippen LogP contribution in [0, 0.1) is 17.3 Å². The first-order chi connectivity index (χ1) is 13.3. The molecule has 4 atom stereocenters. The molecule has 0 bridgehead atoms. The molecule has 0 aromatic carbocycles. The van der Waals surface area contributed by atoms with Crippen molar-refractivity contribution in [2.75, 3.05) is 20.7 Å². The number of imide groups is 2. The molecule has 0 aromatic rings. The summed E-state index contributed by atoms with van der Waals surface area (Å²) >= 11 is 0. The Hall–Kier alpha value is -2.02. The summed E-state index contributed by atoms with van der Waals surface area (Å²) in [6.45, 7) is 1.34. The first-order valence-corrected chi connectivity index (χ1v) is 10.2. The molecule has 1 aliphatic heterocycles. The predicted molar refractivity (Wildman–Crippen MR) is 102 cm³/mol. The number of carbonyl (C=O) groups excluding carboxylic acids is 4. The second-order valence-electron chi connectivity index (χ2n) is 8.39. The molecule has 7 heteroatoms. The third-order valence-corrected chi connectivity index (χ3v) is 6.68. The zero-order valence-corrected chi connectivity index (χ0v) is 17.0. The van der Waals surface area contributed by atoms with Gasteiger partial charge in [0.1, 0.15) is 5.41 Å². The van der Waals surface area contributed by atoms with E-state index in [2.05, 4.69) is 0 Å². The average molecular weight is 390 g/mol. The molecule has 4 unspecified atom stereocenters. The SMILES string of the molecule is COC1CCCC(C(=O)CN2C(=O)N(C)C(=O)C(C)(C3C=CCCC3)C2=O)C1. The number of nitrogens with zero attached hydrogens (tertiary/aromatic N) is 2. The number of methoxy groups -OCH3 is 1. The summed E-state index contributed by atoms with van der Waals surface area (Å²) in [7, 11) is 3.03. The molecule has 0 N–H and O–H groups in total. The number of urea groups is 1. The van der Waals surface area contributed by atoms with Crippen molar-refractivity contribution >= 4 is 23.6 Å². The van der Waals surface area contributed by atoms with Crippen LogP contribution in [0.5, 0.6) is 0 Å². The second kappa shape index (κ2) is 8.15. The highest BCUT2D eigenvalue weighted by Crippen LogP contribution is 2.41. The van der Waals surface area contributed by atoms with Crippen LogP contribution in [-0.4, -0.2) is 60.2 Å². The highest BCUT2D eigenvalue weighted by atomic mass is 16.5. The summed E-state index contributed by atoms with van der Waals surface area (Å²) in [4.78, 5) is 53.7. The van der Waals surface area contributed by atoms with Gasteiger partial charge in [0.15, 0.2) is 5.78 Å². The highest BCUT2D eigenvalue weighted by Gasteiger charge is 2.57. The molecule has 0 aromatic heterocycles. The minimum absolute atomic E-state index is 0.0392. The normalized spacial score (nSPS) is 34.1. The first-order valence-electron chi connectivity index (χ1n) is 10.2. The van der Waals surface area contributed by atoms with Crippen molar-refractivity contribution in [1.82, 2.24) is 9.80 Å². The van der Waals surface area contributed by atoms with Crippen molar-refractivity contribution < 1.29 is 23.9 Å². The summed E-state index contributed by atoms with van der Waals surface area (Å²) < 4.78 is 5.39. The third kappa shape index (κ3) is 3.52. The smallest absolute Gasteiger partial charge is 0.333 e. The lowest BCUT2D eigenvalue weighted by molar-refractivity contribution is -0.161. The second-order valence-corrected chi connectivity index (χ2v) is 8.39. The molecule has 1 saturated heterocycles. The molecular weight excluding hydrogens is 360 g/mol. The van der Waals surface area contributed by atoms with Crippen LogP contribution < -0.4 is 0 Å². The molecule has 3 rings (SSSR count). The molecule has 0 spiro atoms. The van der Waals surface area contributed by atoms with Gasteiger partial charge in [-0.1, -0.05) is 18.6 Å². The van der Waals surface area contributed by atoms with Crippen LogP contribution in [0.4, 0.5) is 4.79 Å². The van der Waals surface area contributed by atoms with Crippen LogP contribution in [0.2, 0.25) is 0 Å². The maximum atomic E-state index is 13.3. The molecule has 2 fully saturated rings. The molecule has 1 heterocycles. The van der Waals surface area contributed by atoms with E-state index in [0.717, 1.165) is 41.9 Å². The van der Waals surface area contributed by atoms with Gasteiger partial charge < -0.3 is 4.74 Å². The van der Waals surface area contributed by atoms with Crippen molar-refractivity contribution in [3.05, 3.63) is 12.2 Å². The number of hydrogen-bond donors (Lipinski definition) is 0. The van der Waals surface area contributed by atoms with Gasteiger partial charge in [-0.05, 0) is 51.4 Å². The fourth-order valence-electron chi connectivity index (χ4n) is 4.76. The molecule has 7 nitrogen and oxygen atoms in total. The molecule has 0 radical (unpaired) electrons. The van der Waals surface area contributed by atoms with E-state index in [0.29, 0.717) is 12.8 Å². The zero-order valence-electron chi connectivity index (χ0n) is 17.0. The van der Waals surface area contributed by atoms with Gasteiger partial charge in [0, 0.05) is 20.1 Å². The van der Waals surface area contributed by atoms with Gasteiger partial charge >= 0.3 is 6.03 Å². The monoisotopic (exact) mass is 390 g/mol. The maximum Gasteiger partial charge on any atom is 0.333 e. The lowest BCUT2D eigenvalue weighted by Gasteiger charge is -2.44. The fourth-order valence-corrected chi connectivity index (χ4v) is 4.76. The Labute approximate surface area is 166 Å². The number of barbiturate groups is 1. The number of ether oxygens (including phenoxy) is 1. The Balaban J connectivity index is 1.81. The summed E-state index contributed by atoms with van der Waals surface area (Å²) in [6, 6.07) is -0.709. The van der Waals surface area contributed by atoms with Crippen LogP contribution in [-0.2, 0) is 19.1 Å². The number of rotatable bonds is 5. The minimum atomic E-state index is -1.35. The van der Waals surface area contributed by atoms with Gasteiger partial charge in [-0.3, -0.25) is 24.2 Å². The third-order valence-electron chi connectivity index (χ3n) is 6.68. The summed E-state index contributed by atoms with van der Waals surface area (Å²) in [5, 5.41) is 0. The number of carbonyl (C=O) groups is 4. The van der Waals surface area contributed by atoms with E-state index in [1.807, 2.05) is 12.2 Å². The Morgan fingerprint density at radius 1 is 1.18 bits per heavy atom. The molecule has 2 aliphatic carbocycles. The van der Waals surface area contributed by atoms with E-state index >= 15 is 0 Å². The lowest BCUT2D eigenvalue weighted by atomic mass is 9.69. The van der Waals surface area contributed by atoms with Crippen molar-refractivity contribution in [3.8, 4) is 0 Å². The summed E-state index contributed by atoms with van der Waals surface area (Å²) in [5.41, 5.74) is -1.35. The van der Waals surface area contributed by atoms with Gasteiger partial charge in [0.05, 0.1) is 12.6 Å². The van der Waals surface area contributed by atoms with E-state index < -0.39 is 23.3 Å². The number of Topliss-reactive ketones (excluding diaryl/α,β-unsaturated/α-hetero) is 1. The minimum Gasteiger partial charge on any atom is -0.381 e. The Bertz CT molecular complexity index is 703. The molecule has 4 amide bonds. The maximum absolute atomic E-state index is 13.3. The highest BCUT2D eigenvalue weighted by molar-refractivity contribution is 6.20. The van der Waals surface area contributed by atoms with E-state index in [-0.39, 0.29) is 30.3 Å². The molecular formula is C21H30N2O5. The molecule has 28 heavy (non-hydrogen) atoms. The summed E-state index contributed by atoms with van der Waals surface area (Å²) in [6.07, 6.45) is 9.64. The van der Waals surface area contributed by atoms with Crippen LogP contribution in [0.3, 0.4) is 0 Å². The van der Waals surface area contributed by atoms with Crippen LogP contribution in [0.15, 0.2) is 12.2 Å². The molecule has 154 valence electrons. The van der Waals surface area contributed by atoms with Crippen molar-refractivity contribution in [1.29, 1.82) is 0 Å². The first kappa shape index (κ1) is 20.7. The van der Waals surface area contributed by atoms with Gasteiger partial charge in [-0.25, -0.2) is 4.79 Å². The van der Waals surface area contributed by atoms with Gasteiger partial charge in [0.25, 0.3) is 0 Å². The Morgan fingerprint density at radius 2 is 1.93 bits per heavy atom. The van der Waals surface area contributed by atoms with Gasteiger partial charge in [-0.2, -0.15) is 0 Å². The summed E-state index contributed by atoms with van der Waals surface area (Å²) in [5.74, 6) is -1.65. The van der Waals surface area contributed by atoms with Crippen LogP contribution >= 0.6 is 0 Å². The van der Waals surface area contributed by atoms with Gasteiger partial charge in [-0.15, -0.1) is 0 Å². The molecule has 3 aliphatic rings. The average Bonchev–Trinajstić information content (AvgIpc) is 2.74. The zero-order chi connectivity index (χ0) is 20.5. The Morgan fingerprint density at radius 3 is 2.57 bits per heavy atom. The largest absolute Gasteiger partial charge is 0.381 e. The van der Waals surface area contributed by atoms with Crippen LogP contribution in [0.25, 0.3) is 0 Å². The van der Waals surface area contributed by atoms with E-state index in [4.69, 9.17) is 4.74 Å². The fraction of sp³-hybridized carbons (Fsp3) is 0.714. The number of amides is 4. The quantitative estimate of drug-likeness (QED) is 0.532.